The smallest absolute Gasteiger partial charge is 0.462 e. The van der Waals surface area contributed by atoms with Crippen molar-refractivity contribution in [2.75, 3.05) is 47.5 Å². The van der Waals surface area contributed by atoms with Gasteiger partial charge in [0, 0.05) is 19.3 Å². The minimum absolute atomic E-state index is 0.0208. The second kappa shape index (κ2) is 29.8. The molecule has 46 heavy (non-hydrogen) atoms. The summed E-state index contributed by atoms with van der Waals surface area (Å²) in [4.78, 5) is 45.3. The average Bonchev–Trinajstić information content (AvgIpc) is 2.99. The average molecular weight is 679 g/mol. The monoisotopic (exact) mass is 678 g/mol. The molecule has 0 bridgehead atoms. The Labute approximate surface area is 280 Å². The lowest BCUT2D eigenvalue weighted by Crippen LogP contribution is -2.37. The summed E-state index contributed by atoms with van der Waals surface area (Å²) in [6, 6.07) is 0. The third kappa shape index (κ3) is 32.6. The summed E-state index contributed by atoms with van der Waals surface area (Å²) in [6.45, 7) is 2.10. The van der Waals surface area contributed by atoms with Crippen molar-refractivity contribution in [2.45, 2.75) is 161 Å². The molecule has 0 aliphatic rings. The standard InChI is InChI=1S/C35H68NO9P/c1-5-6-7-8-9-10-11-12-13-14-17-20-23-26-34(38)42-31-33(32-44-46(40,41)43-30-28-36(2,3)4)45-35(39)27-24-21-18-15-16-19-22-25-29-37/h29,33H,5-28,30-32H2,1-4H3/p+1/t33-/m1/s1. The number of phosphoric acid groups is 1. The van der Waals surface area contributed by atoms with Crippen LogP contribution in [-0.2, 0) is 37.5 Å². The molecule has 1 unspecified atom stereocenters. The fourth-order valence-corrected chi connectivity index (χ4v) is 5.67. The van der Waals surface area contributed by atoms with Crippen LogP contribution in [0.5, 0.6) is 0 Å². The van der Waals surface area contributed by atoms with E-state index >= 15 is 0 Å². The van der Waals surface area contributed by atoms with E-state index in [0.29, 0.717) is 23.9 Å². The SMILES string of the molecule is CCCCCCCCCCCCCCCC(=O)OC[C@H](COP(=O)(O)OCC[N+](C)(C)C)OC(=O)CCCCCCCCCC=O. The van der Waals surface area contributed by atoms with Gasteiger partial charge in [-0.1, -0.05) is 116 Å². The van der Waals surface area contributed by atoms with Crippen LogP contribution in [0.1, 0.15) is 155 Å². The number of phosphoric ester groups is 1. The van der Waals surface area contributed by atoms with Crippen molar-refractivity contribution in [2.24, 2.45) is 0 Å². The molecule has 10 nitrogen and oxygen atoms in total. The van der Waals surface area contributed by atoms with Crippen molar-refractivity contribution < 1.29 is 46.8 Å². The first kappa shape index (κ1) is 44.7. The molecule has 0 saturated carbocycles. The Morgan fingerprint density at radius 2 is 1.13 bits per heavy atom. The summed E-state index contributed by atoms with van der Waals surface area (Å²) in [7, 11) is 1.43. The van der Waals surface area contributed by atoms with Gasteiger partial charge in [0.1, 0.15) is 26.0 Å². The molecule has 11 heteroatoms. The molecule has 0 fully saturated rings. The van der Waals surface area contributed by atoms with Crippen LogP contribution in [0, 0.1) is 0 Å². The van der Waals surface area contributed by atoms with E-state index in [-0.39, 0.29) is 32.0 Å². The maximum Gasteiger partial charge on any atom is 0.472 e. The minimum Gasteiger partial charge on any atom is -0.462 e. The first-order valence-electron chi connectivity index (χ1n) is 18.2. The van der Waals surface area contributed by atoms with Crippen LogP contribution in [-0.4, -0.2) is 81.2 Å². The van der Waals surface area contributed by atoms with Gasteiger partial charge in [-0.3, -0.25) is 18.6 Å². The number of aldehydes is 1. The van der Waals surface area contributed by atoms with Gasteiger partial charge in [-0.2, -0.15) is 0 Å². The molecule has 272 valence electrons. The molecule has 0 radical (unpaired) electrons. The summed E-state index contributed by atoms with van der Waals surface area (Å²) in [5, 5.41) is 0. The number of carbonyl (C=O) groups is 3. The number of rotatable bonds is 34. The van der Waals surface area contributed by atoms with E-state index in [9.17, 15) is 23.8 Å². The topological polar surface area (TPSA) is 125 Å². The van der Waals surface area contributed by atoms with Crippen molar-refractivity contribution in [1.82, 2.24) is 0 Å². The Bertz CT molecular complexity index is 803. The van der Waals surface area contributed by atoms with Crippen LogP contribution in [0.2, 0.25) is 0 Å². The van der Waals surface area contributed by atoms with Gasteiger partial charge in [0.15, 0.2) is 6.10 Å². The summed E-state index contributed by atoms with van der Waals surface area (Å²) in [5.41, 5.74) is 0. The summed E-state index contributed by atoms with van der Waals surface area (Å²) in [6.07, 6.45) is 23.5. The van der Waals surface area contributed by atoms with Crippen LogP contribution >= 0.6 is 7.82 Å². The fraction of sp³-hybridized carbons (Fsp3) is 0.914. The Kier molecular flexibility index (Phi) is 28.9. The van der Waals surface area contributed by atoms with Crippen molar-refractivity contribution in [3.63, 3.8) is 0 Å². The second-order valence-electron chi connectivity index (χ2n) is 13.6. The highest BCUT2D eigenvalue weighted by atomic mass is 31.2. The summed E-state index contributed by atoms with van der Waals surface area (Å²) < 4.78 is 33.9. The molecular weight excluding hydrogens is 609 g/mol. The van der Waals surface area contributed by atoms with Gasteiger partial charge in [-0.15, -0.1) is 0 Å². The second-order valence-corrected chi connectivity index (χ2v) is 15.0. The molecule has 0 rings (SSSR count). The van der Waals surface area contributed by atoms with Gasteiger partial charge >= 0.3 is 19.8 Å². The summed E-state index contributed by atoms with van der Waals surface area (Å²) >= 11 is 0. The van der Waals surface area contributed by atoms with Gasteiger partial charge < -0.3 is 23.6 Å². The Balaban J connectivity index is 4.40. The predicted molar refractivity (Wildman–Crippen MR) is 183 cm³/mol. The van der Waals surface area contributed by atoms with E-state index in [1.807, 2.05) is 21.1 Å². The third-order valence-corrected chi connectivity index (χ3v) is 8.84. The quantitative estimate of drug-likeness (QED) is 0.0234. The van der Waals surface area contributed by atoms with Gasteiger partial charge in [0.25, 0.3) is 0 Å². The van der Waals surface area contributed by atoms with Gasteiger partial charge in [-0.25, -0.2) is 4.57 Å². The number of quaternary nitrogens is 1. The minimum atomic E-state index is -4.37. The molecule has 0 aromatic rings. The van der Waals surface area contributed by atoms with E-state index in [1.54, 1.807) is 0 Å². The first-order valence-corrected chi connectivity index (χ1v) is 19.7. The number of likely N-dealkylation sites (N-methyl/N-ethyl adjacent to an activating group) is 1. The van der Waals surface area contributed by atoms with Crippen LogP contribution < -0.4 is 0 Å². The maximum atomic E-state index is 12.5. The lowest BCUT2D eigenvalue weighted by Gasteiger charge is -2.24. The molecule has 1 N–H and O–H groups in total. The van der Waals surface area contributed by atoms with Crippen LogP contribution in [0.15, 0.2) is 0 Å². The number of ether oxygens (including phenoxy) is 2. The molecule has 0 amide bonds. The number of carbonyl (C=O) groups excluding carboxylic acids is 3. The van der Waals surface area contributed by atoms with Gasteiger partial charge in [0.05, 0.1) is 27.7 Å². The molecule has 0 aliphatic heterocycles. The maximum absolute atomic E-state index is 12.5. The molecular formula is C35H69NO9P+. The van der Waals surface area contributed by atoms with Crippen LogP contribution in [0.4, 0.5) is 0 Å². The van der Waals surface area contributed by atoms with Crippen molar-refractivity contribution in [3.05, 3.63) is 0 Å². The van der Waals surface area contributed by atoms with E-state index < -0.39 is 26.5 Å². The molecule has 2 atom stereocenters. The van der Waals surface area contributed by atoms with E-state index in [4.69, 9.17) is 18.5 Å². The Morgan fingerprint density at radius 3 is 1.61 bits per heavy atom. The van der Waals surface area contributed by atoms with Crippen molar-refractivity contribution in [3.8, 4) is 0 Å². The van der Waals surface area contributed by atoms with E-state index in [1.165, 1.54) is 64.2 Å². The fourth-order valence-electron chi connectivity index (χ4n) is 4.93. The third-order valence-electron chi connectivity index (χ3n) is 7.86. The molecule has 0 heterocycles. The Hall–Kier alpha value is -1.32. The van der Waals surface area contributed by atoms with Crippen LogP contribution in [0.3, 0.4) is 0 Å². The summed E-state index contributed by atoms with van der Waals surface area (Å²) in [5.74, 6) is -0.852. The molecule has 0 aromatic heterocycles. The zero-order valence-corrected chi connectivity index (χ0v) is 30.7. The van der Waals surface area contributed by atoms with Crippen LogP contribution in [0.25, 0.3) is 0 Å². The number of nitrogens with zero attached hydrogens (tertiary/aromatic N) is 1. The zero-order chi connectivity index (χ0) is 34.4. The zero-order valence-electron chi connectivity index (χ0n) is 29.9. The number of unbranched alkanes of at least 4 members (excludes halogenated alkanes) is 19. The molecule has 0 spiro atoms. The molecule has 0 aromatic carbocycles. The van der Waals surface area contributed by atoms with Crippen molar-refractivity contribution >= 4 is 26.0 Å². The predicted octanol–water partition coefficient (Wildman–Crippen LogP) is 8.47. The lowest BCUT2D eigenvalue weighted by atomic mass is 10.0. The Morgan fingerprint density at radius 1 is 0.674 bits per heavy atom. The molecule has 0 aliphatic carbocycles. The highest BCUT2D eigenvalue weighted by Gasteiger charge is 2.27. The van der Waals surface area contributed by atoms with Crippen molar-refractivity contribution in [1.29, 1.82) is 0 Å². The number of hydrogen-bond acceptors (Lipinski definition) is 8. The number of hydrogen-bond donors (Lipinski definition) is 1. The van der Waals surface area contributed by atoms with E-state index in [2.05, 4.69) is 6.92 Å². The van der Waals surface area contributed by atoms with Gasteiger partial charge in [0.2, 0.25) is 0 Å². The largest absolute Gasteiger partial charge is 0.472 e. The lowest BCUT2D eigenvalue weighted by molar-refractivity contribution is -0.870. The highest BCUT2D eigenvalue weighted by Crippen LogP contribution is 2.43. The normalized spacial score (nSPS) is 13.7. The molecule has 0 saturated heterocycles. The first-order chi connectivity index (χ1) is 22.0. The van der Waals surface area contributed by atoms with Gasteiger partial charge in [-0.05, 0) is 19.3 Å². The van der Waals surface area contributed by atoms with E-state index in [0.717, 1.165) is 64.1 Å². The number of esters is 2. The highest BCUT2D eigenvalue weighted by molar-refractivity contribution is 7.47.